The standard InChI is InChI=1S/C11H10N2O3/c1-6(14)7-3-8-9(4-10(7)16-2)12-5-13-11(8)15/h3-5H,1-2H3,(H,12,13,15). The number of Topliss-reactive ketones (excluding diaryl/α,β-unsaturated/α-hetero) is 1. The van der Waals surface area contributed by atoms with Gasteiger partial charge in [-0.25, -0.2) is 4.98 Å². The lowest BCUT2D eigenvalue weighted by Crippen LogP contribution is -2.08. The molecule has 0 amide bonds. The topological polar surface area (TPSA) is 72.0 Å². The van der Waals surface area contributed by atoms with Gasteiger partial charge in [-0.2, -0.15) is 0 Å². The molecule has 1 aromatic carbocycles. The van der Waals surface area contributed by atoms with Crippen molar-refractivity contribution in [2.45, 2.75) is 6.92 Å². The van der Waals surface area contributed by atoms with E-state index in [4.69, 9.17) is 4.74 Å². The SMILES string of the molecule is COc1cc2nc[nH]c(=O)c2cc1C(C)=O. The number of nitrogens with zero attached hydrogens (tertiary/aromatic N) is 1. The number of hydrogen-bond acceptors (Lipinski definition) is 4. The normalized spacial score (nSPS) is 10.4. The van der Waals surface area contributed by atoms with Crippen molar-refractivity contribution in [1.29, 1.82) is 0 Å². The number of hydrogen-bond donors (Lipinski definition) is 1. The number of methoxy groups -OCH3 is 1. The predicted molar refractivity (Wildman–Crippen MR) is 58.9 cm³/mol. The van der Waals surface area contributed by atoms with Crippen molar-refractivity contribution >= 4 is 16.7 Å². The Hall–Kier alpha value is -2.17. The molecule has 1 heterocycles. The highest BCUT2D eigenvalue weighted by molar-refractivity contribution is 6.00. The van der Waals surface area contributed by atoms with Crippen LogP contribution in [0, 0.1) is 0 Å². The molecule has 2 rings (SSSR count). The average molecular weight is 218 g/mol. The molecule has 0 radical (unpaired) electrons. The molecule has 0 aliphatic carbocycles. The zero-order valence-corrected chi connectivity index (χ0v) is 8.90. The lowest BCUT2D eigenvalue weighted by molar-refractivity contribution is 0.101. The second-order valence-electron chi connectivity index (χ2n) is 3.36. The fraction of sp³-hybridized carbons (Fsp3) is 0.182. The Kier molecular flexibility index (Phi) is 2.44. The molecule has 0 unspecified atom stereocenters. The Morgan fingerprint density at radius 1 is 1.44 bits per heavy atom. The average Bonchev–Trinajstić information content (AvgIpc) is 2.27. The molecule has 5 heteroatoms. The first kappa shape index (κ1) is 10.4. The van der Waals surface area contributed by atoms with Crippen molar-refractivity contribution in [2.75, 3.05) is 7.11 Å². The summed E-state index contributed by atoms with van der Waals surface area (Å²) in [4.78, 5) is 29.3. The second kappa shape index (κ2) is 3.77. The molecule has 0 aliphatic heterocycles. The van der Waals surface area contributed by atoms with E-state index in [0.717, 1.165) is 0 Å². The minimum absolute atomic E-state index is 0.151. The van der Waals surface area contributed by atoms with Gasteiger partial charge in [0, 0.05) is 6.07 Å². The van der Waals surface area contributed by atoms with Crippen LogP contribution in [0.15, 0.2) is 23.3 Å². The third-order valence-corrected chi connectivity index (χ3v) is 2.34. The van der Waals surface area contributed by atoms with Gasteiger partial charge in [0.05, 0.1) is 29.9 Å². The van der Waals surface area contributed by atoms with Crippen LogP contribution in [0.3, 0.4) is 0 Å². The third-order valence-electron chi connectivity index (χ3n) is 2.34. The van der Waals surface area contributed by atoms with Crippen LogP contribution in [0.5, 0.6) is 5.75 Å². The number of aromatic nitrogens is 2. The van der Waals surface area contributed by atoms with Gasteiger partial charge in [-0.05, 0) is 13.0 Å². The van der Waals surface area contributed by atoms with Gasteiger partial charge in [-0.3, -0.25) is 9.59 Å². The monoisotopic (exact) mass is 218 g/mol. The van der Waals surface area contributed by atoms with Gasteiger partial charge < -0.3 is 9.72 Å². The summed E-state index contributed by atoms with van der Waals surface area (Å²) in [5, 5.41) is 0.383. The van der Waals surface area contributed by atoms with Gasteiger partial charge in [-0.15, -0.1) is 0 Å². The van der Waals surface area contributed by atoms with Gasteiger partial charge >= 0.3 is 0 Å². The molecule has 82 valence electrons. The van der Waals surface area contributed by atoms with Crippen molar-refractivity contribution in [3.8, 4) is 5.75 Å². The van der Waals surface area contributed by atoms with E-state index in [1.54, 1.807) is 6.07 Å². The van der Waals surface area contributed by atoms with Crippen molar-refractivity contribution < 1.29 is 9.53 Å². The molecule has 5 nitrogen and oxygen atoms in total. The fourth-order valence-corrected chi connectivity index (χ4v) is 1.54. The van der Waals surface area contributed by atoms with E-state index >= 15 is 0 Å². The molecule has 1 N–H and O–H groups in total. The zero-order valence-electron chi connectivity index (χ0n) is 8.90. The maximum absolute atomic E-state index is 11.5. The Morgan fingerprint density at radius 2 is 2.19 bits per heavy atom. The van der Waals surface area contributed by atoms with E-state index in [1.807, 2.05) is 0 Å². The van der Waals surface area contributed by atoms with Gasteiger partial charge in [0.15, 0.2) is 5.78 Å². The molecule has 1 aromatic heterocycles. The maximum Gasteiger partial charge on any atom is 0.258 e. The predicted octanol–water partition coefficient (Wildman–Crippen LogP) is 1.13. The van der Waals surface area contributed by atoms with Crippen LogP contribution in [0.4, 0.5) is 0 Å². The summed E-state index contributed by atoms with van der Waals surface area (Å²) in [6.45, 7) is 1.42. The quantitative estimate of drug-likeness (QED) is 0.767. The lowest BCUT2D eigenvalue weighted by atomic mass is 10.1. The molecular formula is C11H10N2O3. The zero-order chi connectivity index (χ0) is 11.7. The Balaban J connectivity index is 2.86. The molecule has 2 aromatic rings. The van der Waals surface area contributed by atoms with Crippen molar-refractivity contribution in [3.63, 3.8) is 0 Å². The van der Waals surface area contributed by atoms with E-state index in [9.17, 15) is 9.59 Å². The van der Waals surface area contributed by atoms with Crippen molar-refractivity contribution in [1.82, 2.24) is 9.97 Å². The van der Waals surface area contributed by atoms with Gasteiger partial charge in [-0.1, -0.05) is 0 Å². The van der Waals surface area contributed by atoms with Gasteiger partial charge in [0.25, 0.3) is 5.56 Å². The molecule has 0 fully saturated rings. The molecule has 0 aliphatic rings. The fourth-order valence-electron chi connectivity index (χ4n) is 1.54. The van der Waals surface area contributed by atoms with Crippen LogP contribution in [0.25, 0.3) is 10.9 Å². The number of nitrogens with one attached hydrogen (secondary N) is 1. The van der Waals surface area contributed by atoms with Gasteiger partial charge in [0.1, 0.15) is 5.75 Å². The van der Waals surface area contributed by atoms with Crippen LogP contribution in [0.1, 0.15) is 17.3 Å². The highest BCUT2D eigenvalue weighted by atomic mass is 16.5. The number of aromatic amines is 1. The molecule has 0 bridgehead atoms. The minimum atomic E-state index is -0.268. The number of ether oxygens (including phenoxy) is 1. The van der Waals surface area contributed by atoms with Crippen LogP contribution >= 0.6 is 0 Å². The van der Waals surface area contributed by atoms with Crippen LogP contribution in [-0.4, -0.2) is 22.9 Å². The first-order chi connectivity index (χ1) is 7.63. The van der Waals surface area contributed by atoms with Gasteiger partial charge in [0.2, 0.25) is 0 Å². The first-order valence-electron chi connectivity index (χ1n) is 4.70. The third kappa shape index (κ3) is 1.56. The number of benzene rings is 1. The molecule has 0 spiro atoms. The largest absolute Gasteiger partial charge is 0.496 e. The number of fused-ring (bicyclic) bond motifs is 1. The summed E-state index contributed by atoms with van der Waals surface area (Å²) in [7, 11) is 1.47. The Bertz CT molecular complexity index is 616. The van der Waals surface area contributed by atoms with E-state index in [-0.39, 0.29) is 11.3 Å². The number of ketones is 1. The number of carbonyl (C=O) groups excluding carboxylic acids is 1. The van der Waals surface area contributed by atoms with E-state index in [1.165, 1.54) is 26.4 Å². The molecular weight excluding hydrogens is 208 g/mol. The number of rotatable bonds is 2. The Labute approximate surface area is 91.1 Å². The summed E-state index contributed by atoms with van der Waals surface area (Å²) < 4.78 is 5.08. The lowest BCUT2D eigenvalue weighted by Gasteiger charge is -2.06. The molecule has 0 saturated carbocycles. The molecule has 16 heavy (non-hydrogen) atoms. The van der Waals surface area contributed by atoms with E-state index < -0.39 is 0 Å². The highest BCUT2D eigenvalue weighted by Crippen LogP contribution is 2.23. The van der Waals surface area contributed by atoms with Crippen LogP contribution in [-0.2, 0) is 0 Å². The van der Waals surface area contributed by atoms with Crippen LogP contribution in [0.2, 0.25) is 0 Å². The molecule has 0 saturated heterocycles. The summed E-state index contributed by atoms with van der Waals surface area (Å²) in [6, 6.07) is 3.09. The van der Waals surface area contributed by atoms with E-state index in [0.29, 0.717) is 22.2 Å². The number of carbonyl (C=O) groups is 1. The summed E-state index contributed by atoms with van der Waals surface area (Å²) in [5.41, 5.74) is 0.620. The van der Waals surface area contributed by atoms with E-state index in [2.05, 4.69) is 9.97 Å². The summed E-state index contributed by atoms with van der Waals surface area (Å²) in [5.74, 6) is 0.278. The summed E-state index contributed by atoms with van der Waals surface area (Å²) in [6.07, 6.45) is 1.32. The highest BCUT2D eigenvalue weighted by Gasteiger charge is 2.11. The van der Waals surface area contributed by atoms with Crippen molar-refractivity contribution in [3.05, 3.63) is 34.4 Å². The first-order valence-corrected chi connectivity index (χ1v) is 4.70. The molecule has 0 atom stereocenters. The number of H-pyrrole nitrogens is 1. The minimum Gasteiger partial charge on any atom is -0.496 e. The van der Waals surface area contributed by atoms with Crippen molar-refractivity contribution in [2.24, 2.45) is 0 Å². The summed E-state index contributed by atoms with van der Waals surface area (Å²) >= 11 is 0. The smallest absolute Gasteiger partial charge is 0.258 e. The van der Waals surface area contributed by atoms with Crippen LogP contribution < -0.4 is 10.3 Å². The maximum atomic E-state index is 11.5. The Morgan fingerprint density at radius 3 is 2.81 bits per heavy atom. The second-order valence-corrected chi connectivity index (χ2v) is 3.36.